The Morgan fingerprint density at radius 3 is 2.53 bits per heavy atom. The van der Waals surface area contributed by atoms with Gasteiger partial charge in [0.1, 0.15) is 6.23 Å². The van der Waals surface area contributed by atoms with E-state index in [-0.39, 0.29) is 25.5 Å². The fourth-order valence-electron chi connectivity index (χ4n) is 4.13. The van der Waals surface area contributed by atoms with E-state index in [1.807, 2.05) is 30.3 Å². The summed E-state index contributed by atoms with van der Waals surface area (Å²) in [6, 6.07) is 12.7. The molecule has 4 rings (SSSR count). The predicted octanol–water partition coefficient (Wildman–Crippen LogP) is 2.81. The van der Waals surface area contributed by atoms with Crippen LogP contribution in [0.5, 0.6) is 0 Å². The summed E-state index contributed by atoms with van der Waals surface area (Å²) in [6.45, 7) is 1.83. The van der Waals surface area contributed by atoms with Crippen molar-refractivity contribution in [2.24, 2.45) is 0 Å². The smallest absolute Gasteiger partial charge is 0.317 e. The fourth-order valence-corrected chi connectivity index (χ4v) is 4.39. The topological polar surface area (TPSA) is 84.3 Å². The number of hydrogen-bond acceptors (Lipinski definition) is 5. The minimum atomic E-state index is -1.11. The zero-order valence-electron chi connectivity index (χ0n) is 16.5. The van der Waals surface area contributed by atoms with Gasteiger partial charge in [0.05, 0.1) is 23.7 Å². The number of carboxylic acid groups (broad SMARTS) is 1. The molecule has 2 aliphatic rings. The molecule has 1 unspecified atom stereocenters. The van der Waals surface area contributed by atoms with Crippen molar-refractivity contribution in [3.05, 3.63) is 58.6 Å². The molecule has 0 saturated carbocycles. The Morgan fingerprint density at radius 2 is 1.83 bits per heavy atom. The minimum absolute atomic E-state index is 0.0483. The van der Waals surface area contributed by atoms with E-state index < -0.39 is 12.2 Å². The molecule has 0 radical (unpaired) electrons. The van der Waals surface area contributed by atoms with Crippen molar-refractivity contribution < 1.29 is 19.8 Å². The van der Waals surface area contributed by atoms with Gasteiger partial charge in [0, 0.05) is 31.0 Å². The van der Waals surface area contributed by atoms with E-state index in [1.165, 1.54) is 9.80 Å². The van der Waals surface area contributed by atoms with Crippen LogP contribution in [0, 0.1) is 0 Å². The number of aliphatic carboxylic acids is 1. The lowest BCUT2D eigenvalue weighted by molar-refractivity contribution is -0.141. The first kappa shape index (κ1) is 20.7. The molecule has 0 spiro atoms. The Bertz CT molecular complexity index is 961. The monoisotopic (exact) mass is 429 g/mol. The number of aliphatic hydroxyl groups is 1. The van der Waals surface area contributed by atoms with Crippen molar-refractivity contribution in [2.45, 2.75) is 25.6 Å². The van der Waals surface area contributed by atoms with E-state index >= 15 is 0 Å². The molecule has 1 fully saturated rings. The molecule has 2 heterocycles. The third-order valence-corrected chi connectivity index (χ3v) is 5.97. The third kappa shape index (κ3) is 4.14. The highest BCUT2D eigenvalue weighted by molar-refractivity contribution is 6.34. The minimum Gasteiger partial charge on any atom is -0.480 e. The number of amides is 1. The summed E-state index contributed by atoms with van der Waals surface area (Å²) in [5, 5.41) is 20.2. The van der Waals surface area contributed by atoms with Crippen molar-refractivity contribution in [1.82, 2.24) is 4.90 Å². The lowest BCUT2D eigenvalue weighted by atomic mass is 10.1. The number of fused-ring (bicyclic) bond motifs is 1. The first-order chi connectivity index (χ1) is 14.4. The van der Waals surface area contributed by atoms with Crippen LogP contribution in [0.3, 0.4) is 0 Å². The molecule has 2 aromatic rings. The van der Waals surface area contributed by atoms with E-state index in [9.17, 15) is 19.8 Å². The number of rotatable bonds is 4. The van der Waals surface area contributed by atoms with Crippen LogP contribution < -0.4 is 9.80 Å². The fraction of sp³-hybridized carbons (Fsp3) is 0.364. The molecule has 7 nitrogen and oxygen atoms in total. The van der Waals surface area contributed by atoms with Crippen LogP contribution in [0.15, 0.2) is 42.5 Å². The highest BCUT2D eigenvalue weighted by atomic mass is 35.5. The Balaban J connectivity index is 1.65. The second-order valence-corrected chi connectivity index (χ2v) is 8.09. The number of carbonyl (C=O) groups excluding carboxylic acids is 1. The molecule has 0 bridgehead atoms. The maximum absolute atomic E-state index is 13.4. The average Bonchev–Trinajstić information content (AvgIpc) is 3.22. The molecule has 2 N–H and O–H groups in total. The normalized spacial score (nSPS) is 19.5. The highest BCUT2D eigenvalue weighted by Crippen LogP contribution is 2.31. The molecule has 2 aromatic carbocycles. The quantitative estimate of drug-likeness (QED) is 0.777. The van der Waals surface area contributed by atoms with Crippen LogP contribution in [-0.4, -0.2) is 59.4 Å². The number of carboxylic acids is 1. The van der Waals surface area contributed by atoms with Crippen LogP contribution in [0.4, 0.5) is 11.4 Å². The molecule has 0 aromatic heterocycles. The molecule has 1 saturated heterocycles. The van der Waals surface area contributed by atoms with Gasteiger partial charge in [-0.15, -0.1) is 0 Å². The maximum atomic E-state index is 13.4. The van der Waals surface area contributed by atoms with Crippen LogP contribution in [0.1, 0.15) is 28.8 Å². The third-order valence-electron chi connectivity index (χ3n) is 5.66. The van der Waals surface area contributed by atoms with Gasteiger partial charge in [-0.2, -0.15) is 0 Å². The predicted molar refractivity (Wildman–Crippen MR) is 115 cm³/mol. The van der Waals surface area contributed by atoms with Crippen molar-refractivity contribution >= 4 is 34.9 Å². The van der Waals surface area contributed by atoms with Gasteiger partial charge in [-0.05, 0) is 42.7 Å². The standard InChI is InChI=1S/C22H24ClN3O4/c23-18-11-16(24-9-3-4-10-24)7-8-17(18)22(30)26-13-20(27)25(14-21(28)29)12-15-5-1-2-6-19(15)26/h1-2,5-8,11,20,27H,3-4,9-10,12-14H2,(H,28,29). The highest BCUT2D eigenvalue weighted by Gasteiger charge is 2.32. The SMILES string of the molecule is O=C(O)CN1Cc2ccccc2N(C(=O)c2ccc(N3CCCC3)cc2Cl)CC1O. The van der Waals surface area contributed by atoms with Crippen LogP contribution in [0.25, 0.3) is 0 Å². The lowest BCUT2D eigenvalue weighted by Gasteiger charge is -2.27. The Labute approximate surface area is 180 Å². The average molecular weight is 430 g/mol. The second-order valence-electron chi connectivity index (χ2n) is 7.68. The van der Waals surface area contributed by atoms with Gasteiger partial charge in [0.15, 0.2) is 0 Å². The summed E-state index contributed by atoms with van der Waals surface area (Å²) in [5.74, 6) is -1.36. The molecule has 30 heavy (non-hydrogen) atoms. The number of halogens is 1. The van der Waals surface area contributed by atoms with Gasteiger partial charge in [-0.3, -0.25) is 14.5 Å². The molecule has 158 valence electrons. The Hall–Kier alpha value is -2.61. The van der Waals surface area contributed by atoms with Gasteiger partial charge in [0.2, 0.25) is 0 Å². The van der Waals surface area contributed by atoms with Crippen molar-refractivity contribution in [3.8, 4) is 0 Å². The largest absolute Gasteiger partial charge is 0.480 e. The Morgan fingerprint density at radius 1 is 1.10 bits per heavy atom. The summed E-state index contributed by atoms with van der Waals surface area (Å²) in [5.41, 5.74) is 2.77. The lowest BCUT2D eigenvalue weighted by Crippen LogP contribution is -2.45. The zero-order valence-corrected chi connectivity index (χ0v) is 17.3. The number of benzene rings is 2. The summed E-state index contributed by atoms with van der Waals surface area (Å²) in [4.78, 5) is 29.8. The van der Waals surface area contributed by atoms with E-state index in [2.05, 4.69) is 4.90 Å². The van der Waals surface area contributed by atoms with Crippen LogP contribution >= 0.6 is 11.6 Å². The van der Waals surface area contributed by atoms with Crippen LogP contribution in [0.2, 0.25) is 5.02 Å². The molecule has 0 aliphatic carbocycles. The molecular weight excluding hydrogens is 406 g/mol. The Kier molecular flexibility index (Phi) is 5.94. The summed E-state index contributed by atoms with van der Waals surface area (Å²) in [6.07, 6.45) is 1.18. The molecule has 8 heteroatoms. The number of para-hydroxylation sites is 1. The number of aliphatic hydroxyl groups excluding tert-OH is 1. The van der Waals surface area contributed by atoms with Gasteiger partial charge in [-0.25, -0.2) is 0 Å². The number of nitrogens with zero attached hydrogens (tertiary/aromatic N) is 3. The number of carbonyl (C=O) groups is 2. The van der Waals surface area contributed by atoms with Crippen LogP contribution in [-0.2, 0) is 11.3 Å². The molecule has 1 atom stereocenters. The number of anilines is 2. The van der Waals surface area contributed by atoms with Gasteiger partial charge in [-0.1, -0.05) is 29.8 Å². The summed E-state index contributed by atoms with van der Waals surface area (Å²) in [7, 11) is 0. The first-order valence-electron chi connectivity index (χ1n) is 10.0. The first-order valence-corrected chi connectivity index (χ1v) is 10.4. The second kappa shape index (κ2) is 8.63. The molecule has 1 amide bonds. The number of β-amino-alcohol motifs (C(OH)–C–C–N with tert-alkyl or cyclic N) is 1. The van der Waals surface area contributed by atoms with E-state index in [0.29, 0.717) is 16.3 Å². The maximum Gasteiger partial charge on any atom is 0.317 e. The summed E-state index contributed by atoms with van der Waals surface area (Å²) < 4.78 is 0. The summed E-state index contributed by atoms with van der Waals surface area (Å²) >= 11 is 6.50. The van der Waals surface area contributed by atoms with Crippen molar-refractivity contribution in [1.29, 1.82) is 0 Å². The zero-order chi connectivity index (χ0) is 21.3. The van der Waals surface area contributed by atoms with Crippen molar-refractivity contribution in [2.75, 3.05) is 36.0 Å². The van der Waals surface area contributed by atoms with E-state index in [1.54, 1.807) is 12.1 Å². The van der Waals surface area contributed by atoms with E-state index in [4.69, 9.17) is 11.6 Å². The number of hydrogen-bond donors (Lipinski definition) is 2. The molecular formula is C22H24ClN3O4. The van der Waals surface area contributed by atoms with Gasteiger partial charge in [0.25, 0.3) is 5.91 Å². The van der Waals surface area contributed by atoms with Crippen molar-refractivity contribution in [3.63, 3.8) is 0 Å². The molecule has 2 aliphatic heterocycles. The van der Waals surface area contributed by atoms with E-state index in [0.717, 1.165) is 37.2 Å². The van der Waals surface area contributed by atoms with Gasteiger partial charge < -0.3 is 20.0 Å². The van der Waals surface area contributed by atoms with Gasteiger partial charge >= 0.3 is 5.97 Å².